The molecule has 0 unspecified atom stereocenters. The van der Waals surface area contributed by atoms with Crippen molar-refractivity contribution in [2.24, 2.45) is 4.99 Å². The van der Waals surface area contributed by atoms with Crippen molar-refractivity contribution in [3.05, 3.63) is 24.0 Å². The maximum atomic E-state index is 13.2. The lowest BCUT2D eigenvalue weighted by atomic mass is 10.3. The first kappa shape index (κ1) is 11.4. The number of isocyanates is 1. The van der Waals surface area contributed by atoms with Gasteiger partial charge in [0.1, 0.15) is 12.4 Å². The van der Waals surface area contributed by atoms with E-state index in [1.54, 1.807) is 0 Å². The van der Waals surface area contributed by atoms with E-state index in [1.807, 2.05) is 0 Å². The molecule has 0 spiro atoms. The first-order valence-electron chi connectivity index (χ1n) is 4.27. The van der Waals surface area contributed by atoms with Crippen LogP contribution in [0.3, 0.4) is 0 Å². The summed E-state index contributed by atoms with van der Waals surface area (Å²) in [4.78, 5) is 13.3. The molecular weight excluding hydrogens is 201 g/mol. The van der Waals surface area contributed by atoms with E-state index in [4.69, 9.17) is 9.47 Å². The molecule has 0 aromatic heterocycles. The predicted octanol–water partition coefficient (Wildman–Crippen LogP) is 1.82. The summed E-state index contributed by atoms with van der Waals surface area (Å²) in [5, 5.41) is 0. The van der Waals surface area contributed by atoms with Crippen molar-refractivity contribution < 1.29 is 18.7 Å². The Morgan fingerprint density at radius 2 is 2.27 bits per heavy atom. The van der Waals surface area contributed by atoms with Gasteiger partial charge < -0.3 is 9.47 Å². The van der Waals surface area contributed by atoms with E-state index >= 15 is 0 Å². The summed E-state index contributed by atoms with van der Waals surface area (Å²) in [6.45, 7) is 0.641. The number of hydrogen-bond acceptors (Lipinski definition) is 4. The topological polar surface area (TPSA) is 47.9 Å². The van der Waals surface area contributed by atoms with Crippen LogP contribution in [0.1, 0.15) is 0 Å². The van der Waals surface area contributed by atoms with Crippen molar-refractivity contribution in [3.8, 4) is 5.75 Å². The van der Waals surface area contributed by atoms with Crippen LogP contribution in [-0.4, -0.2) is 26.4 Å². The van der Waals surface area contributed by atoms with Crippen molar-refractivity contribution in [1.82, 2.24) is 0 Å². The number of hydrogen-bond donors (Lipinski definition) is 0. The number of para-hydroxylation sites is 1. The van der Waals surface area contributed by atoms with Crippen molar-refractivity contribution in [2.45, 2.75) is 0 Å². The largest absolute Gasteiger partial charge is 0.489 e. The Labute approximate surface area is 86.3 Å². The van der Waals surface area contributed by atoms with Crippen LogP contribution in [0, 0.1) is 5.82 Å². The first-order valence-corrected chi connectivity index (χ1v) is 4.27. The fourth-order valence-corrected chi connectivity index (χ4v) is 1.00. The fraction of sp³-hybridized carbons (Fsp3) is 0.300. The number of halogens is 1. The molecule has 80 valence electrons. The third kappa shape index (κ3) is 3.16. The van der Waals surface area contributed by atoms with Crippen LogP contribution in [0.25, 0.3) is 0 Å². The highest BCUT2D eigenvalue weighted by atomic mass is 19.1. The minimum Gasteiger partial charge on any atom is -0.489 e. The molecule has 0 atom stereocenters. The second kappa shape index (κ2) is 5.90. The van der Waals surface area contributed by atoms with Crippen LogP contribution < -0.4 is 4.74 Å². The molecule has 0 radical (unpaired) electrons. The average molecular weight is 211 g/mol. The van der Waals surface area contributed by atoms with Gasteiger partial charge in [0.2, 0.25) is 6.08 Å². The molecule has 0 bridgehead atoms. The molecule has 0 fully saturated rings. The van der Waals surface area contributed by atoms with Gasteiger partial charge in [-0.2, -0.15) is 4.99 Å². The number of carbonyl (C=O) groups excluding carboxylic acids is 1. The van der Waals surface area contributed by atoms with Crippen molar-refractivity contribution in [1.29, 1.82) is 0 Å². The maximum Gasteiger partial charge on any atom is 0.240 e. The molecular formula is C10H10FNO3. The number of nitrogens with zero attached hydrogens (tertiary/aromatic N) is 1. The van der Waals surface area contributed by atoms with E-state index in [1.165, 1.54) is 31.4 Å². The lowest BCUT2D eigenvalue weighted by molar-refractivity contribution is 0.146. The van der Waals surface area contributed by atoms with Gasteiger partial charge in [0.15, 0.2) is 11.5 Å². The minimum absolute atomic E-state index is 0.136. The number of benzene rings is 1. The van der Waals surface area contributed by atoms with Gasteiger partial charge in [-0.1, -0.05) is 6.07 Å². The molecule has 0 aliphatic heterocycles. The van der Waals surface area contributed by atoms with Crippen LogP contribution >= 0.6 is 0 Å². The van der Waals surface area contributed by atoms with E-state index in [9.17, 15) is 9.18 Å². The van der Waals surface area contributed by atoms with Crippen LogP contribution in [0.2, 0.25) is 0 Å². The van der Waals surface area contributed by atoms with Crippen LogP contribution in [0.5, 0.6) is 5.75 Å². The third-order valence-corrected chi connectivity index (χ3v) is 1.65. The van der Waals surface area contributed by atoms with E-state index in [0.717, 1.165) is 0 Å². The normalized spacial score (nSPS) is 9.47. The lowest BCUT2D eigenvalue weighted by Crippen LogP contribution is -2.04. The Bertz CT molecular complexity index is 375. The highest BCUT2D eigenvalue weighted by Gasteiger charge is 2.08. The van der Waals surface area contributed by atoms with Gasteiger partial charge in [-0.25, -0.2) is 9.18 Å². The summed E-state index contributed by atoms with van der Waals surface area (Å²) in [5.41, 5.74) is -0.136. The molecule has 0 saturated heterocycles. The first-order chi connectivity index (χ1) is 7.29. The summed E-state index contributed by atoms with van der Waals surface area (Å²) >= 11 is 0. The molecule has 15 heavy (non-hydrogen) atoms. The van der Waals surface area contributed by atoms with Crippen molar-refractivity contribution in [3.63, 3.8) is 0 Å². The van der Waals surface area contributed by atoms with Crippen LogP contribution in [0.4, 0.5) is 10.1 Å². The molecule has 1 aromatic carbocycles. The van der Waals surface area contributed by atoms with Crippen molar-refractivity contribution in [2.75, 3.05) is 20.3 Å². The monoisotopic (exact) mass is 211 g/mol. The van der Waals surface area contributed by atoms with Gasteiger partial charge in [-0.3, -0.25) is 0 Å². The molecule has 0 aliphatic carbocycles. The Kier molecular flexibility index (Phi) is 4.47. The molecule has 0 heterocycles. The zero-order valence-corrected chi connectivity index (χ0v) is 8.20. The molecule has 4 nitrogen and oxygen atoms in total. The number of ether oxygens (including phenoxy) is 2. The quantitative estimate of drug-likeness (QED) is 0.424. The van der Waals surface area contributed by atoms with Crippen molar-refractivity contribution >= 4 is 11.8 Å². The van der Waals surface area contributed by atoms with E-state index in [0.29, 0.717) is 6.61 Å². The van der Waals surface area contributed by atoms with Gasteiger partial charge in [-0.15, -0.1) is 0 Å². The zero-order chi connectivity index (χ0) is 11.1. The smallest absolute Gasteiger partial charge is 0.240 e. The van der Waals surface area contributed by atoms with E-state index in [-0.39, 0.29) is 18.0 Å². The number of aliphatic imine (C=N–C) groups is 1. The Hall–Kier alpha value is -1.71. The molecule has 1 aromatic rings. The Morgan fingerprint density at radius 1 is 1.47 bits per heavy atom. The van der Waals surface area contributed by atoms with Gasteiger partial charge in [0, 0.05) is 7.11 Å². The standard InChI is InChI=1S/C10H10FNO3/c1-14-5-6-15-9-4-2-3-8(11)10(9)12-7-13/h2-4H,5-6H2,1H3. The maximum absolute atomic E-state index is 13.2. The summed E-state index contributed by atoms with van der Waals surface area (Å²) in [5.74, 6) is -0.413. The number of rotatable bonds is 5. The average Bonchev–Trinajstić information content (AvgIpc) is 2.23. The summed E-state index contributed by atoms with van der Waals surface area (Å²) in [7, 11) is 1.53. The minimum atomic E-state index is -0.617. The Balaban J connectivity index is 2.85. The second-order valence-electron chi connectivity index (χ2n) is 2.63. The van der Waals surface area contributed by atoms with Crippen LogP contribution in [0.15, 0.2) is 23.2 Å². The number of methoxy groups -OCH3 is 1. The fourth-order valence-electron chi connectivity index (χ4n) is 1.00. The van der Waals surface area contributed by atoms with Gasteiger partial charge >= 0.3 is 0 Å². The Morgan fingerprint density at radius 3 is 2.93 bits per heavy atom. The lowest BCUT2D eigenvalue weighted by Gasteiger charge is -2.07. The predicted molar refractivity (Wildman–Crippen MR) is 51.6 cm³/mol. The van der Waals surface area contributed by atoms with Gasteiger partial charge in [-0.05, 0) is 12.1 Å². The third-order valence-electron chi connectivity index (χ3n) is 1.65. The molecule has 0 saturated carbocycles. The van der Waals surface area contributed by atoms with E-state index < -0.39 is 5.82 Å². The van der Waals surface area contributed by atoms with E-state index in [2.05, 4.69) is 4.99 Å². The second-order valence-corrected chi connectivity index (χ2v) is 2.63. The summed E-state index contributed by atoms with van der Waals surface area (Å²) < 4.78 is 23.1. The highest BCUT2D eigenvalue weighted by molar-refractivity contribution is 5.58. The highest BCUT2D eigenvalue weighted by Crippen LogP contribution is 2.29. The molecule has 5 heteroatoms. The van der Waals surface area contributed by atoms with Gasteiger partial charge in [0.05, 0.1) is 6.61 Å². The zero-order valence-electron chi connectivity index (χ0n) is 8.20. The molecule has 0 N–H and O–H groups in total. The summed E-state index contributed by atoms with van der Waals surface area (Å²) in [6, 6.07) is 4.19. The van der Waals surface area contributed by atoms with Gasteiger partial charge in [0.25, 0.3) is 0 Å². The molecule has 0 amide bonds. The SMILES string of the molecule is COCCOc1cccc(F)c1N=C=O. The molecule has 1 rings (SSSR count). The molecule has 0 aliphatic rings. The van der Waals surface area contributed by atoms with Crippen LogP contribution in [-0.2, 0) is 9.53 Å². The summed E-state index contributed by atoms with van der Waals surface area (Å²) in [6.07, 6.45) is 1.28.